The summed E-state index contributed by atoms with van der Waals surface area (Å²) in [6.07, 6.45) is 5.79. The second-order valence-corrected chi connectivity index (χ2v) is 3.67. The van der Waals surface area contributed by atoms with Crippen LogP contribution in [0.4, 0.5) is 0 Å². The molecule has 1 saturated heterocycles. The largest absolute Gasteiger partial charge is 0.472 e. The lowest BCUT2D eigenvalue weighted by molar-refractivity contribution is 0.321. The van der Waals surface area contributed by atoms with Gasteiger partial charge in [-0.2, -0.15) is 0 Å². The molecule has 14 heavy (non-hydrogen) atoms. The molecule has 1 aromatic rings. The molecule has 0 saturated carbocycles. The SMILES string of the molecule is Cl.N[C@@H](c1ccoc1)C1CCNCC1. The average molecular weight is 217 g/mol. The molecule has 0 aliphatic carbocycles. The third-order valence-corrected chi connectivity index (χ3v) is 2.82. The first-order valence-corrected chi connectivity index (χ1v) is 4.86. The van der Waals surface area contributed by atoms with Crippen molar-refractivity contribution in [2.75, 3.05) is 13.1 Å². The van der Waals surface area contributed by atoms with E-state index in [0.29, 0.717) is 5.92 Å². The maximum Gasteiger partial charge on any atom is 0.0950 e. The fraction of sp³-hybridized carbons (Fsp3) is 0.600. The van der Waals surface area contributed by atoms with Gasteiger partial charge in [-0.05, 0) is 37.9 Å². The lowest BCUT2D eigenvalue weighted by Gasteiger charge is -2.27. The maximum atomic E-state index is 6.13. The Labute approximate surface area is 90.5 Å². The number of halogens is 1. The van der Waals surface area contributed by atoms with E-state index in [2.05, 4.69) is 5.32 Å². The predicted octanol–water partition coefficient (Wildman–Crippen LogP) is 1.70. The van der Waals surface area contributed by atoms with Gasteiger partial charge in [0.15, 0.2) is 0 Å². The zero-order chi connectivity index (χ0) is 9.10. The van der Waals surface area contributed by atoms with E-state index < -0.39 is 0 Å². The molecule has 2 heterocycles. The van der Waals surface area contributed by atoms with Gasteiger partial charge in [0.05, 0.1) is 12.5 Å². The van der Waals surface area contributed by atoms with Gasteiger partial charge < -0.3 is 15.5 Å². The molecule has 0 radical (unpaired) electrons. The van der Waals surface area contributed by atoms with Crippen molar-refractivity contribution in [3.63, 3.8) is 0 Å². The number of nitrogens with one attached hydrogen (secondary N) is 1. The van der Waals surface area contributed by atoms with E-state index >= 15 is 0 Å². The van der Waals surface area contributed by atoms with Crippen LogP contribution in [0.1, 0.15) is 24.4 Å². The van der Waals surface area contributed by atoms with Crippen LogP contribution >= 0.6 is 12.4 Å². The molecule has 1 atom stereocenters. The molecule has 2 rings (SSSR count). The number of hydrogen-bond acceptors (Lipinski definition) is 3. The van der Waals surface area contributed by atoms with Crippen LogP contribution in [0.2, 0.25) is 0 Å². The first-order chi connectivity index (χ1) is 6.38. The van der Waals surface area contributed by atoms with Gasteiger partial charge in [-0.1, -0.05) is 0 Å². The zero-order valence-electron chi connectivity index (χ0n) is 8.11. The van der Waals surface area contributed by atoms with Crippen LogP contribution in [-0.4, -0.2) is 13.1 Å². The van der Waals surface area contributed by atoms with Crippen LogP contribution in [0.25, 0.3) is 0 Å². The lowest BCUT2D eigenvalue weighted by Crippen LogP contribution is -2.33. The topological polar surface area (TPSA) is 51.2 Å². The molecule has 4 heteroatoms. The Morgan fingerprint density at radius 1 is 1.43 bits per heavy atom. The highest BCUT2D eigenvalue weighted by atomic mass is 35.5. The van der Waals surface area contributed by atoms with E-state index in [0.717, 1.165) is 18.7 Å². The van der Waals surface area contributed by atoms with Crippen molar-refractivity contribution < 1.29 is 4.42 Å². The maximum absolute atomic E-state index is 6.13. The van der Waals surface area contributed by atoms with Crippen molar-refractivity contribution >= 4 is 12.4 Å². The Morgan fingerprint density at radius 2 is 2.14 bits per heavy atom. The summed E-state index contributed by atoms with van der Waals surface area (Å²) < 4.78 is 5.03. The second-order valence-electron chi connectivity index (χ2n) is 3.67. The van der Waals surface area contributed by atoms with Gasteiger partial charge in [-0.3, -0.25) is 0 Å². The summed E-state index contributed by atoms with van der Waals surface area (Å²) >= 11 is 0. The fourth-order valence-corrected chi connectivity index (χ4v) is 1.94. The van der Waals surface area contributed by atoms with E-state index in [4.69, 9.17) is 10.2 Å². The highest BCUT2D eigenvalue weighted by Crippen LogP contribution is 2.26. The van der Waals surface area contributed by atoms with Crippen LogP contribution in [0.5, 0.6) is 0 Å². The normalized spacial score (nSPS) is 20.1. The van der Waals surface area contributed by atoms with Gasteiger partial charge in [0.2, 0.25) is 0 Å². The summed E-state index contributed by atoms with van der Waals surface area (Å²) in [6, 6.07) is 2.12. The second kappa shape index (κ2) is 5.39. The Kier molecular flexibility index (Phi) is 4.45. The highest BCUT2D eigenvalue weighted by molar-refractivity contribution is 5.85. The van der Waals surface area contributed by atoms with Gasteiger partial charge in [0, 0.05) is 11.6 Å². The molecule has 1 fully saturated rings. The van der Waals surface area contributed by atoms with E-state index in [-0.39, 0.29) is 18.4 Å². The summed E-state index contributed by atoms with van der Waals surface area (Å²) in [5.41, 5.74) is 7.26. The molecule has 3 nitrogen and oxygen atoms in total. The summed E-state index contributed by atoms with van der Waals surface area (Å²) in [4.78, 5) is 0. The van der Waals surface area contributed by atoms with Crippen molar-refractivity contribution in [3.05, 3.63) is 24.2 Å². The van der Waals surface area contributed by atoms with Gasteiger partial charge in [-0.25, -0.2) is 0 Å². The number of furan rings is 1. The smallest absolute Gasteiger partial charge is 0.0950 e. The number of nitrogens with two attached hydrogens (primary N) is 1. The van der Waals surface area contributed by atoms with Crippen LogP contribution < -0.4 is 11.1 Å². The van der Waals surface area contributed by atoms with Crippen LogP contribution in [0, 0.1) is 5.92 Å². The van der Waals surface area contributed by atoms with Crippen LogP contribution in [0.15, 0.2) is 23.0 Å². The number of rotatable bonds is 2. The average Bonchev–Trinajstić information content (AvgIpc) is 2.71. The molecule has 0 bridgehead atoms. The van der Waals surface area contributed by atoms with Crippen LogP contribution in [0.3, 0.4) is 0 Å². The molecule has 1 aliphatic rings. The standard InChI is InChI=1S/C10H16N2O.ClH/c11-10(9-3-6-13-7-9)8-1-4-12-5-2-8;/h3,6-8,10,12H,1-2,4-5,11H2;1H/t10-;/m1./s1. The molecule has 0 aromatic carbocycles. The first-order valence-electron chi connectivity index (χ1n) is 4.86. The number of piperidine rings is 1. The Balaban J connectivity index is 0.000000980. The minimum Gasteiger partial charge on any atom is -0.472 e. The minimum atomic E-state index is 0. The molecule has 0 unspecified atom stereocenters. The number of hydrogen-bond donors (Lipinski definition) is 2. The molecular formula is C10H17ClN2O. The van der Waals surface area contributed by atoms with Gasteiger partial charge in [0.1, 0.15) is 0 Å². The van der Waals surface area contributed by atoms with E-state index in [9.17, 15) is 0 Å². The molecule has 0 spiro atoms. The van der Waals surface area contributed by atoms with Crippen LogP contribution in [-0.2, 0) is 0 Å². The molecule has 3 N–H and O–H groups in total. The monoisotopic (exact) mass is 216 g/mol. The molecule has 80 valence electrons. The first kappa shape index (κ1) is 11.6. The van der Waals surface area contributed by atoms with Crippen molar-refractivity contribution in [2.45, 2.75) is 18.9 Å². The van der Waals surface area contributed by atoms with E-state index in [1.165, 1.54) is 12.8 Å². The summed E-state index contributed by atoms with van der Waals surface area (Å²) in [5, 5.41) is 3.34. The molecule has 0 amide bonds. The Bertz CT molecular complexity index is 245. The highest BCUT2D eigenvalue weighted by Gasteiger charge is 2.21. The minimum absolute atomic E-state index is 0. The molecular weight excluding hydrogens is 200 g/mol. The predicted molar refractivity (Wildman–Crippen MR) is 58.5 cm³/mol. The van der Waals surface area contributed by atoms with Crippen molar-refractivity contribution in [2.24, 2.45) is 11.7 Å². The van der Waals surface area contributed by atoms with Crippen molar-refractivity contribution in [1.29, 1.82) is 0 Å². The Hall–Kier alpha value is -0.510. The third-order valence-electron chi connectivity index (χ3n) is 2.82. The quantitative estimate of drug-likeness (QED) is 0.791. The van der Waals surface area contributed by atoms with E-state index in [1.807, 2.05) is 6.07 Å². The zero-order valence-corrected chi connectivity index (χ0v) is 8.93. The molecule has 1 aliphatic heterocycles. The molecule has 1 aromatic heterocycles. The lowest BCUT2D eigenvalue weighted by atomic mass is 9.88. The van der Waals surface area contributed by atoms with Gasteiger partial charge in [0.25, 0.3) is 0 Å². The Morgan fingerprint density at radius 3 is 2.71 bits per heavy atom. The summed E-state index contributed by atoms with van der Waals surface area (Å²) in [6.45, 7) is 2.19. The van der Waals surface area contributed by atoms with Crippen molar-refractivity contribution in [1.82, 2.24) is 5.32 Å². The van der Waals surface area contributed by atoms with Crippen molar-refractivity contribution in [3.8, 4) is 0 Å². The fourth-order valence-electron chi connectivity index (χ4n) is 1.94. The van der Waals surface area contributed by atoms with E-state index in [1.54, 1.807) is 12.5 Å². The third kappa shape index (κ3) is 2.50. The summed E-state index contributed by atoms with van der Waals surface area (Å²) in [5.74, 6) is 0.610. The van der Waals surface area contributed by atoms with Gasteiger partial charge >= 0.3 is 0 Å². The van der Waals surface area contributed by atoms with Gasteiger partial charge in [-0.15, -0.1) is 12.4 Å². The summed E-state index contributed by atoms with van der Waals surface area (Å²) in [7, 11) is 0.